The van der Waals surface area contributed by atoms with E-state index in [1.54, 1.807) is 18.1 Å². The van der Waals surface area contributed by atoms with Gasteiger partial charge in [0.15, 0.2) is 0 Å². The van der Waals surface area contributed by atoms with Crippen LogP contribution in [0.4, 0.5) is 4.70 Å². The fraction of sp³-hybridized carbons (Fsp3) is 1.00. The summed E-state index contributed by atoms with van der Waals surface area (Å²) in [5.41, 5.74) is 0. The van der Waals surface area contributed by atoms with Crippen LogP contribution < -0.4 is 0 Å². The van der Waals surface area contributed by atoms with E-state index in [1.807, 2.05) is 0 Å². The third kappa shape index (κ3) is 8.05. The summed E-state index contributed by atoms with van der Waals surface area (Å²) in [6.45, 7) is 6.97. The lowest BCUT2D eigenvalue weighted by Crippen LogP contribution is -2.09. The average Bonchev–Trinajstić information content (AvgIpc) is 1.90. The number of hydrogen-bond acceptors (Lipinski definition) is 0. The van der Waals surface area contributed by atoms with Crippen LogP contribution in [0, 0.1) is 0 Å². The highest BCUT2D eigenvalue weighted by atomic mass is 28.3. The van der Waals surface area contributed by atoms with E-state index in [0.717, 1.165) is 0 Å². The van der Waals surface area contributed by atoms with Gasteiger partial charge >= 0.3 is 0 Å². The molecule has 0 bridgehead atoms. The van der Waals surface area contributed by atoms with E-state index in [9.17, 15) is 0 Å². The van der Waals surface area contributed by atoms with Gasteiger partial charge in [-0.1, -0.05) is 58.2 Å². The van der Waals surface area contributed by atoms with Crippen molar-refractivity contribution >= 4 is 8.80 Å². The molecule has 0 aromatic heterocycles. The van der Waals surface area contributed by atoms with Gasteiger partial charge in [0.1, 0.15) is 0 Å². The smallest absolute Gasteiger partial charge is 0.0367 e. The van der Waals surface area contributed by atoms with Gasteiger partial charge in [-0.3, -0.25) is 4.70 Å². The summed E-state index contributed by atoms with van der Waals surface area (Å²) in [7, 11) is -0.234. The van der Waals surface area contributed by atoms with E-state index < -0.39 is 0 Å². The molecule has 0 aliphatic heterocycles. The molecule has 0 spiro atoms. The molecular weight excluding hydrogens is 155 g/mol. The lowest BCUT2D eigenvalue weighted by molar-refractivity contribution is 0.957. The SMILES string of the molecule is CCC[SiH](CCC)CCC.F. The molecule has 0 saturated heterocycles. The Hall–Kier alpha value is 0.147. The highest BCUT2D eigenvalue weighted by Gasteiger charge is 2.05. The highest BCUT2D eigenvalue weighted by molar-refractivity contribution is 6.58. The maximum Gasteiger partial charge on any atom is 0.0367 e. The molecule has 0 nitrogen and oxygen atoms in total. The Bertz CT molecular complexity index is 52.3. The summed E-state index contributed by atoms with van der Waals surface area (Å²) >= 11 is 0. The van der Waals surface area contributed by atoms with Crippen molar-refractivity contribution in [3.63, 3.8) is 0 Å². The zero-order chi connectivity index (χ0) is 7.82. The fourth-order valence-electron chi connectivity index (χ4n) is 1.66. The number of hydrogen-bond donors (Lipinski definition) is 0. The Morgan fingerprint density at radius 3 is 1.18 bits per heavy atom. The maximum atomic E-state index is 2.32. The van der Waals surface area contributed by atoms with Gasteiger partial charge in [0.25, 0.3) is 0 Å². The molecule has 0 aromatic carbocycles. The van der Waals surface area contributed by atoms with Crippen LogP contribution in [0.3, 0.4) is 0 Å². The van der Waals surface area contributed by atoms with E-state index in [2.05, 4.69) is 20.8 Å². The Morgan fingerprint density at radius 1 is 0.727 bits per heavy atom. The molecule has 0 radical (unpaired) electrons. The van der Waals surface area contributed by atoms with Crippen LogP contribution in [-0.4, -0.2) is 8.80 Å². The van der Waals surface area contributed by atoms with Gasteiger partial charge in [-0.25, -0.2) is 0 Å². The first kappa shape index (κ1) is 13.7. The highest BCUT2D eigenvalue weighted by Crippen LogP contribution is 2.11. The van der Waals surface area contributed by atoms with Crippen LogP contribution in [0.15, 0.2) is 0 Å². The summed E-state index contributed by atoms with van der Waals surface area (Å²) in [6.07, 6.45) is 4.28. The van der Waals surface area contributed by atoms with Gasteiger partial charge in [-0.15, -0.1) is 0 Å². The molecule has 11 heavy (non-hydrogen) atoms. The van der Waals surface area contributed by atoms with E-state index in [0.29, 0.717) is 0 Å². The summed E-state index contributed by atoms with van der Waals surface area (Å²) in [6, 6.07) is 4.76. The second-order valence-corrected chi connectivity index (χ2v) is 6.70. The van der Waals surface area contributed by atoms with Crippen molar-refractivity contribution < 1.29 is 4.70 Å². The Labute approximate surface area is 72.4 Å². The van der Waals surface area contributed by atoms with Crippen molar-refractivity contribution in [3.8, 4) is 0 Å². The molecule has 0 rings (SSSR count). The largest absolute Gasteiger partial charge is 0.269 e. The lowest BCUT2D eigenvalue weighted by atomic mass is 10.6. The predicted molar refractivity (Wildman–Crippen MR) is 54.9 cm³/mol. The van der Waals surface area contributed by atoms with Crippen molar-refractivity contribution in [1.82, 2.24) is 0 Å². The van der Waals surface area contributed by atoms with Crippen molar-refractivity contribution in [2.75, 3.05) is 0 Å². The standard InChI is InChI=1S/C9H22Si.FH/c1-4-7-10(8-5-2)9-6-3;/h10H,4-9H2,1-3H3;1H. The van der Waals surface area contributed by atoms with Gasteiger partial charge in [0.05, 0.1) is 0 Å². The fourth-order valence-corrected chi connectivity index (χ4v) is 4.97. The van der Waals surface area contributed by atoms with E-state index in [4.69, 9.17) is 0 Å². The first-order valence-electron chi connectivity index (χ1n) is 4.85. The minimum absolute atomic E-state index is 0. The first-order chi connectivity index (χ1) is 4.85. The van der Waals surface area contributed by atoms with Gasteiger partial charge in [0, 0.05) is 8.80 Å². The molecule has 0 aliphatic rings. The summed E-state index contributed by atoms with van der Waals surface area (Å²) < 4.78 is 0. The molecule has 0 saturated carbocycles. The molecule has 0 unspecified atom stereocenters. The molecule has 0 aromatic rings. The van der Waals surface area contributed by atoms with Crippen LogP contribution in [0.1, 0.15) is 40.0 Å². The third-order valence-electron chi connectivity index (χ3n) is 2.09. The minimum Gasteiger partial charge on any atom is -0.269 e. The third-order valence-corrected chi connectivity index (χ3v) is 6.27. The molecule has 0 fully saturated rings. The van der Waals surface area contributed by atoms with Crippen LogP contribution in [0.2, 0.25) is 18.1 Å². The Balaban J connectivity index is 0. The Morgan fingerprint density at radius 2 is 1.00 bits per heavy atom. The minimum atomic E-state index is -0.234. The molecule has 0 heterocycles. The topological polar surface area (TPSA) is 0 Å². The monoisotopic (exact) mass is 178 g/mol. The number of halogens is 1. The molecule has 0 amide bonds. The lowest BCUT2D eigenvalue weighted by Gasteiger charge is -2.10. The number of rotatable bonds is 6. The molecule has 2 heteroatoms. The first-order valence-corrected chi connectivity index (χ1v) is 7.30. The zero-order valence-corrected chi connectivity index (χ0v) is 9.38. The van der Waals surface area contributed by atoms with Crippen molar-refractivity contribution in [1.29, 1.82) is 0 Å². The van der Waals surface area contributed by atoms with Crippen LogP contribution >= 0.6 is 0 Å². The summed E-state index contributed by atoms with van der Waals surface area (Å²) in [4.78, 5) is 0. The normalized spacial score (nSPS) is 9.82. The van der Waals surface area contributed by atoms with Crippen molar-refractivity contribution in [3.05, 3.63) is 0 Å². The quantitative estimate of drug-likeness (QED) is 0.545. The van der Waals surface area contributed by atoms with Gasteiger partial charge in [-0.05, 0) is 0 Å². The molecule has 70 valence electrons. The van der Waals surface area contributed by atoms with Gasteiger partial charge in [0.2, 0.25) is 0 Å². The second-order valence-electron chi connectivity index (χ2n) is 3.23. The van der Waals surface area contributed by atoms with E-state index in [1.165, 1.54) is 19.3 Å². The van der Waals surface area contributed by atoms with Crippen LogP contribution in [0.5, 0.6) is 0 Å². The summed E-state index contributed by atoms with van der Waals surface area (Å²) in [5.74, 6) is 0. The van der Waals surface area contributed by atoms with Gasteiger partial charge in [-0.2, -0.15) is 0 Å². The molecule has 0 aliphatic carbocycles. The molecule has 0 atom stereocenters. The van der Waals surface area contributed by atoms with Gasteiger partial charge < -0.3 is 0 Å². The van der Waals surface area contributed by atoms with E-state index in [-0.39, 0.29) is 13.5 Å². The summed E-state index contributed by atoms with van der Waals surface area (Å²) in [5, 5.41) is 0. The predicted octanol–water partition coefficient (Wildman–Crippen LogP) is 3.60. The van der Waals surface area contributed by atoms with Crippen LogP contribution in [0.25, 0.3) is 0 Å². The van der Waals surface area contributed by atoms with Crippen molar-refractivity contribution in [2.24, 2.45) is 0 Å². The van der Waals surface area contributed by atoms with E-state index >= 15 is 0 Å². The second kappa shape index (κ2) is 10.1. The average molecular weight is 178 g/mol. The van der Waals surface area contributed by atoms with Crippen molar-refractivity contribution in [2.45, 2.75) is 58.2 Å². The molecular formula is C9H23FSi. The van der Waals surface area contributed by atoms with Crippen LogP contribution in [-0.2, 0) is 0 Å². The maximum absolute atomic E-state index is 2.32. The molecule has 0 N–H and O–H groups in total. The Kier molecular flexibility index (Phi) is 12.7. The zero-order valence-electron chi connectivity index (χ0n) is 8.23.